The molecule has 8 heteroatoms. The molecule has 1 aliphatic carbocycles. The Morgan fingerprint density at radius 3 is 2.87 bits per heavy atom. The van der Waals surface area contributed by atoms with Crippen LogP contribution in [0.1, 0.15) is 31.5 Å². The van der Waals surface area contributed by atoms with Crippen LogP contribution in [0.3, 0.4) is 0 Å². The number of carbonyl (C=O) groups is 1. The molecule has 0 aliphatic heterocycles. The molecule has 1 aliphatic rings. The van der Waals surface area contributed by atoms with Gasteiger partial charge in [0.1, 0.15) is 11.4 Å². The Bertz CT molecular complexity index is 712. The second-order valence-electron chi connectivity index (χ2n) is 5.86. The summed E-state index contributed by atoms with van der Waals surface area (Å²) in [5.41, 5.74) is -1.47. The highest BCUT2D eigenvalue weighted by Crippen LogP contribution is 2.44. The highest BCUT2D eigenvalue weighted by Gasteiger charge is 2.60. The van der Waals surface area contributed by atoms with E-state index < -0.39 is 17.4 Å². The number of amides is 1. The third kappa shape index (κ3) is 2.78. The van der Waals surface area contributed by atoms with E-state index in [1.165, 1.54) is 0 Å². The van der Waals surface area contributed by atoms with E-state index in [9.17, 15) is 18.7 Å². The van der Waals surface area contributed by atoms with Crippen LogP contribution in [0.4, 0.5) is 8.78 Å². The van der Waals surface area contributed by atoms with Gasteiger partial charge < -0.3 is 10.4 Å². The van der Waals surface area contributed by atoms with Crippen LogP contribution in [0.2, 0.25) is 0 Å². The number of hydrogen-bond acceptors (Lipinski definition) is 4. The van der Waals surface area contributed by atoms with Crippen LogP contribution in [0.25, 0.3) is 5.65 Å². The van der Waals surface area contributed by atoms with Crippen molar-refractivity contribution in [1.29, 1.82) is 0 Å². The van der Waals surface area contributed by atoms with Crippen molar-refractivity contribution in [2.75, 3.05) is 6.54 Å². The van der Waals surface area contributed by atoms with Crippen molar-refractivity contribution in [3.8, 4) is 0 Å². The van der Waals surface area contributed by atoms with Crippen LogP contribution in [-0.4, -0.2) is 43.7 Å². The fraction of sp³-hybridized carbons (Fsp3) is 0.533. The molecule has 2 aromatic heterocycles. The first-order valence-corrected chi connectivity index (χ1v) is 7.61. The third-order valence-corrected chi connectivity index (χ3v) is 4.30. The molecular weight excluding hydrogens is 306 g/mol. The number of halogens is 2. The molecule has 2 heterocycles. The number of carbonyl (C=O) groups excluding carboxylic acids is 1. The van der Waals surface area contributed by atoms with Crippen molar-refractivity contribution in [2.24, 2.45) is 0 Å². The number of nitrogens with one attached hydrogen (secondary N) is 1. The van der Waals surface area contributed by atoms with E-state index in [2.05, 4.69) is 15.5 Å². The lowest BCUT2D eigenvalue weighted by Gasteiger charge is -2.41. The number of rotatable bonds is 6. The van der Waals surface area contributed by atoms with Crippen molar-refractivity contribution in [3.63, 3.8) is 0 Å². The second kappa shape index (κ2) is 5.84. The van der Waals surface area contributed by atoms with Gasteiger partial charge in [0.05, 0.1) is 0 Å². The predicted octanol–water partition coefficient (Wildman–Crippen LogP) is 1.33. The SMILES string of the molecule is O=C(NCCCc1nnc2ccccn12)C(F)(F)C1(O)CCC1. The van der Waals surface area contributed by atoms with Crippen molar-refractivity contribution >= 4 is 11.6 Å². The van der Waals surface area contributed by atoms with Crippen LogP contribution in [0.5, 0.6) is 0 Å². The Morgan fingerprint density at radius 2 is 2.17 bits per heavy atom. The fourth-order valence-corrected chi connectivity index (χ4v) is 2.66. The van der Waals surface area contributed by atoms with Crippen LogP contribution in [-0.2, 0) is 11.2 Å². The number of aliphatic hydroxyl groups is 1. The van der Waals surface area contributed by atoms with Crippen molar-refractivity contribution in [3.05, 3.63) is 30.2 Å². The lowest BCUT2D eigenvalue weighted by molar-refractivity contribution is -0.215. The minimum atomic E-state index is -3.74. The Labute approximate surface area is 131 Å². The van der Waals surface area contributed by atoms with Crippen molar-refractivity contribution < 1.29 is 18.7 Å². The van der Waals surface area contributed by atoms with Crippen LogP contribution >= 0.6 is 0 Å². The summed E-state index contributed by atoms with van der Waals surface area (Å²) in [5, 5.41) is 19.9. The zero-order valence-corrected chi connectivity index (χ0v) is 12.5. The van der Waals surface area contributed by atoms with E-state index in [0.717, 1.165) is 0 Å². The number of nitrogens with zero attached hydrogens (tertiary/aromatic N) is 3. The monoisotopic (exact) mass is 324 g/mol. The van der Waals surface area contributed by atoms with Gasteiger partial charge >= 0.3 is 5.92 Å². The summed E-state index contributed by atoms with van der Waals surface area (Å²) in [6, 6.07) is 5.51. The molecule has 0 atom stereocenters. The van der Waals surface area contributed by atoms with Gasteiger partial charge in [0.25, 0.3) is 5.91 Å². The molecule has 23 heavy (non-hydrogen) atoms. The van der Waals surface area contributed by atoms with Gasteiger partial charge in [-0.3, -0.25) is 9.20 Å². The van der Waals surface area contributed by atoms with E-state index >= 15 is 0 Å². The molecule has 124 valence electrons. The van der Waals surface area contributed by atoms with Gasteiger partial charge in [0, 0.05) is 19.2 Å². The molecule has 1 saturated carbocycles. The van der Waals surface area contributed by atoms with Gasteiger partial charge in [0.2, 0.25) is 0 Å². The van der Waals surface area contributed by atoms with Gasteiger partial charge in [0.15, 0.2) is 5.65 Å². The lowest BCUT2D eigenvalue weighted by atomic mass is 9.75. The second-order valence-corrected chi connectivity index (χ2v) is 5.86. The molecule has 0 aromatic carbocycles. The smallest absolute Gasteiger partial charge is 0.352 e. The minimum absolute atomic E-state index is 0.0425. The predicted molar refractivity (Wildman–Crippen MR) is 78.1 cm³/mol. The van der Waals surface area contributed by atoms with E-state index in [-0.39, 0.29) is 19.4 Å². The summed E-state index contributed by atoms with van der Waals surface area (Å²) >= 11 is 0. The fourth-order valence-electron chi connectivity index (χ4n) is 2.66. The summed E-state index contributed by atoms with van der Waals surface area (Å²) < 4.78 is 29.5. The average molecular weight is 324 g/mol. The standard InChI is InChI=1S/C15H18F2N4O2/c16-15(17,14(23)7-4-8-14)13(22)18-9-3-6-12-20-19-11-5-1-2-10-21(11)12/h1-2,5,10,23H,3-4,6-9H2,(H,18,22). The number of fused-ring (bicyclic) bond motifs is 1. The maximum Gasteiger partial charge on any atom is 0.352 e. The van der Waals surface area contributed by atoms with Crippen molar-refractivity contribution in [2.45, 2.75) is 43.6 Å². The molecule has 0 spiro atoms. The zero-order valence-electron chi connectivity index (χ0n) is 12.5. The Morgan fingerprint density at radius 1 is 1.39 bits per heavy atom. The molecule has 1 fully saturated rings. The Balaban J connectivity index is 1.51. The first-order chi connectivity index (χ1) is 10.9. The summed E-state index contributed by atoms with van der Waals surface area (Å²) in [6.45, 7) is 0.0895. The van der Waals surface area contributed by atoms with Crippen LogP contribution < -0.4 is 5.32 Å². The number of alkyl halides is 2. The Hall–Kier alpha value is -2.09. The largest absolute Gasteiger partial charge is 0.383 e. The highest BCUT2D eigenvalue weighted by molar-refractivity contribution is 5.85. The lowest BCUT2D eigenvalue weighted by Crippen LogP contribution is -2.60. The maximum absolute atomic E-state index is 13.9. The summed E-state index contributed by atoms with van der Waals surface area (Å²) in [6.07, 6.45) is 3.21. The molecule has 0 saturated heterocycles. The first kappa shape index (κ1) is 15.8. The zero-order chi connectivity index (χ0) is 16.5. The van der Waals surface area contributed by atoms with Crippen LogP contribution in [0, 0.1) is 0 Å². The average Bonchev–Trinajstić information content (AvgIpc) is 2.92. The van der Waals surface area contributed by atoms with Gasteiger partial charge in [-0.1, -0.05) is 6.07 Å². The normalized spacial score (nSPS) is 17.0. The van der Waals surface area contributed by atoms with Gasteiger partial charge in [-0.15, -0.1) is 10.2 Å². The maximum atomic E-state index is 13.9. The quantitative estimate of drug-likeness (QED) is 0.786. The van der Waals surface area contributed by atoms with E-state index in [1.807, 2.05) is 28.8 Å². The molecular formula is C15H18F2N4O2. The number of pyridine rings is 1. The Kier molecular flexibility index (Phi) is 4.01. The summed E-state index contributed by atoms with van der Waals surface area (Å²) in [7, 11) is 0. The van der Waals surface area contributed by atoms with Crippen molar-refractivity contribution in [1.82, 2.24) is 19.9 Å². The topological polar surface area (TPSA) is 79.5 Å². The highest BCUT2D eigenvalue weighted by atomic mass is 19.3. The van der Waals surface area contributed by atoms with Gasteiger partial charge in [-0.2, -0.15) is 8.78 Å². The molecule has 6 nitrogen and oxygen atoms in total. The third-order valence-electron chi connectivity index (χ3n) is 4.30. The summed E-state index contributed by atoms with van der Waals surface area (Å²) in [4.78, 5) is 11.6. The molecule has 0 unspecified atom stereocenters. The number of aryl methyl sites for hydroxylation is 1. The van der Waals surface area contributed by atoms with E-state index in [1.54, 1.807) is 0 Å². The summed E-state index contributed by atoms with van der Waals surface area (Å²) in [5.74, 6) is -4.45. The van der Waals surface area contributed by atoms with E-state index in [4.69, 9.17) is 0 Å². The van der Waals surface area contributed by atoms with E-state index in [0.29, 0.717) is 30.7 Å². The molecule has 0 bridgehead atoms. The molecule has 1 amide bonds. The molecule has 2 N–H and O–H groups in total. The van der Waals surface area contributed by atoms with Gasteiger partial charge in [-0.05, 0) is 37.8 Å². The number of hydrogen-bond donors (Lipinski definition) is 2. The van der Waals surface area contributed by atoms with Crippen LogP contribution in [0.15, 0.2) is 24.4 Å². The minimum Gasteiger partial charge on any atom is -0.383 e. The van der Waals surface area contributed by atoms with Gasteiger partial charge in [-0.25, -0.2) is 0 Å². The molecule has 3 rings (SSSR count). The number of aromatic nitrogens is 3. The molecule has 2 aromatic rings. The molecule has 0 radical (unpaired) electrons. The first-order valence-electron chi connectivity index (χ1n) is 7.61.